The molecule has 13 nitrogen and oxygen atoms in total. The molecule has 2 heterocycles. The van der Waals surface area contributed by atoms with Gasteiger partial charge in [-0.15, -0.1) is 0 Å². The minimum Gasteiger partial charge on any atom is -0.504 e. The number of halogens is 1. The summed E-state index contributed by atoms with van der Waals surface area (Å²) in [6.45, 7) is 8.26. The largest absolute Gasteiger partial charge is 0.504 e. The summed E-state index contributed by atoms with van der Waals surface area (Å²) < 4.78 is 56.0. The highest BCUT2D eigenvalue weighted by atomic mass is 79.9. The van der Waals surface area contributed by atoms with Crippen LogP contribution in [0.4, 0.5) is 4.79 Å². The number of benzene rings is 4. The van der Waals surface area contributed by atoms with Gasteiger partial charge in [0.05, 0.1) is 25.5 Å². The van der Waals surface area contributed by atoms with Crippen LogP contribution in [-0.2, 0) is 32.6 Å². The van der Waals surface area contributed by atoms with Crippen LogP contribution in [0, 0.1) is 20.8 Å². The predicted octanol–water partition coefficient (Wildman–Crippen LogP) is 6.74. The van der Waals surface area contributed by atoms with Crippen LogP contribution in [0.3, 0.4) is 0 Å². The molecule has 290 valence electrons. The molecule has 1 fully saturated rings. The van der Waals surface area contributed by atoms with E-state index >= 15 is 0 Å². The van der Waals surface area contributed by atoms with Crippen molar-refractivity contribution in [3.63, 3.8) is 0 Å². The second-order valence-corrected chi connectivity index (χ2v) is 15.8. The van der Waals surface area contributed by atoms with E-state index in [-0.39, 0.29) is 70.2 Å². The summed E-state index contributed by atoms with van der Waals surface area (Å²) in [5, 5.41) is 23.1. The molecule has 0 bridgehead atoms. The fraction of sp³-hybridized carbons (Fsp3) is 0.300. The second-order valence-electron chi connectivity index (χ2n) is 13.4. The van der Waals surface area contributed by atoms with Gasteiger partial charge in [0, 0.05) is 27.6 Å². The molecule has 0 spiro atoms. The van der Waals surface area contributed by atoms with Crippen molar-refractivity contribution in [1.29, 1.82) is 0 Å². The Kier molecular flexibility index (Phi) is 11.4. The number of aliphatic hydroxyl groups is 1. The molecule has 4 aromatic carbocycles. The van der Waals surface area contributed by atoms with E-state index in [4.69, 9.17) is 23.1 Å². The first kappa shape index (κ1) is 39.4. The first-order valence-corrected chi connectivity index (χ1v) is 19.5. The highest BCUT2D eigenvalue weighted by Crippen LogP contribution is 2.46. The third-order valence-electron chi connectivity index (χ3n) is 9.25. The highest BCUT2D eigenvalue weighted by molar-refractivity contribution is 9.10. The van der Waals surface area contributed by atoms with E-state index in [0.717, 1.165) is 10.5 Å². The molecule has 0 aromatic heterocycles. The zero-order chi connectivity index (χ0) is 39.8. The number of methoxy groups -OCH3 is 1. The minimum atomic E-state index is -4.40. The predicted molar refractivity (Wildman–Crippen MR) is 205 cm³/mol. The number of piperazine rings is 1. The van der Waals surface area contributed by atoms with Gasteiger partial charge in [0.2, 0.25) is 6.79 Å². The van der Waals surface area contributed by atoms with Gasteiger partial charge in [-0.05, 0) is 76.1 Å². The monoisotopic (exact) mass is 836 g/mol. The van der Waals surface area contributed by atoms with Crippen LogP contribution in [0.15, 0.2) is 81.8 Å². The van der Waals surface area contributed by atoms with E-state index < -0.39 is 40.5 Å². The van der Waals surface area contributed by atoms with Crippen molar-refractivity contribution in [2.75, 3.05) is 13.9 Å². The van der Waals surface area contributed by atoms with Crippen LogP contribution >= 0.6 is 15.9 Å². The van der Waals surface area contributed by atoms with Crippen molar-refractivity contribution >= 4 is 44.1 Å². The Hall–Kier alpha value is -5.25. The number of nitrogens with zero attached hydrogens (tertiary/aromatic N) is 2. The SMILES string of the molecule is COc1c(O)cc(CC2C(=O)N(Cc3ccccc3)/C(=C\c3cc4c(c(C)c3OS(=O)(=O)c3ccc(C)cc3)OCO4)C(O)N2C(=O)OC(C)C)c(Br)c1C. The lowest BCUT2D eigenvalue weighted by molar-refractivity contribution is -0.148. The van der Waals surface area contributed by atoms with Crippen LogP contribution < -0.4 is 18.4 Å². The maximum Gasteiger partial charge on any atom is 0.413 e. The Morgan fingerprint density at radius 2 is 1.71 bits per heavy atom. The van der Waals surface area contributed by atoms with Crippen molar-refractivity contribution in [1.82, 2.24) is 9.80 Å². The molecule has 4 aromatic rings. The first-order chi connectivity index (χ1) is 26.1. The van der Waals surface area contributed by atoms with Crippen LogP contribution in [-0.4, -0.2) is 72.7 Å². The highest BCUT2D eigenvalue weighted by Gasteiger charge is 2.47. The Labute approximate surface area is 327 Å². The van der Waals surface area contributed by atoms with Crippen molar-refractivity contribution in [2.45, 2.75) is 70.9 Å². The molecule has 2 N–H and O–H groups in total. The zero-order valence-electron chi connectivity index (χ0n) is 31.0. The summed E-state index contributed by atoms with van der Waals surface area (Å²) in [5.41, 5.74) is 2.90. The van der Waals surface area contributed by atoms with Gasteiger partial charge in [0.15, 0.2) is 35.0 Å². The van der Waals surface area contributed by atoms with Gasteiger partial charge in [-0.25, -0.2) is 4.79 Å². The normalized spacial score (nSPS) is 17.5. The average Bonchev–Trinajstić information content (AvgIpc) is 3.61. The Bertz CT molecular complexity index is 2260. The van der Waals surface area contributed by atoms with E-state index in [1.54, 1.807) is 64.1 Å². The Morgan fingerprint density at radius 3 is 2.36 bits per heavy atom. The van der Waals surface area contributed by atoms with Gasteiger partial charge in [-0.1, -0.05) is 64.0 Å². The molecule has 0 radical (unpaired) electrons. The average molecular weight is 838 g/mol. The number of hydrogen-bond acceptors (Lipinski definition) is 11. The smallest absolute Gasteiger partial charge is 0.413 e. The fourth-order valence-electron chi connectivity index (χ4n) is 6.54. The van der Waals surface area contributed by atoms with E-state index in [0.29, 0.717) is 21.2 Å². The Balaban J connectivity index is 1.53. The molecule has 2 aliphatic rings. The summed E-state index contributed by atoms with van der Waals surface area (Å²) in [5.74, 6) is -0.116. The van der Waals surface area contributed by atoms with E-state index in [9.17, 15) is 28.2 Å². The van der Waals surface area contributed by atoms with Crippen molar-refractivity contribution < 1.29 is 51.4 Å². The molecule has 0 saturated carbocycles. The lowest BCUT2D eigenvalue weighted by Gasteiger charge is -2.45. The van der Waals surface area contributed by atoms with Gasteiger partial charge < -0.3 is 38.2 Å². The molecule has 2 atom stereocenters. The topological polar surface area (TPSA) is 161 Å². The third kappa shape index (κ3) is 7.95. The van der Waals surface area contributed by atoms with E-state index in [1.165, 1.54) is 42.4 Å². The standard InChI is InChI=1S/C40H41BrN2O11S/c1-22(2)53-40(47)43-31(16-27-18-32(44)36(50-6)24(4)34(27)41)38(45)42(20-26-10-8-7-9-11-26)30(39(43)46)17-28-19-33-37(52-21-51-33)25(5)35(28)54-55(48,49)29-14-12-23(3)13-15-29/h7-15,17-19,22,31,39,44,46H,16,20-21H2,1-6H3/b30-17-. The fourth-order valence-corrected chi connectivity index (χ4v) is 8.00. The quantitative estimate of drug-likeness (QED) is 0.163. The number of phenols is 1. The molecule has 0 aliphatic carbocycles. The number of aliphatic hydroxyl groups excluding tert-OH is 1. The van der Waals surface area contributed by atoms with Gasteiger partial charge in [-0.3, -0.25) is 9.69 Å². The number of amides is 2. The molecule has 2 amide bonds. The summed E-state index contributed by atoms with van der Waals surface area (Å²) >= 11 is 3.56. The van der Waals surface area contributed by atoms with Gasteiger partial charge in [-0.2, -0.15) is 8.42 Å². The number of carbonyl (C=O) groups is 2. The number of ether oxygens (including phenoxy) is 4. The van der Waals surface area contributed by atoms with Crippen LogP contribution in [0.25, 0.3) is 6.08 Å². The lowest BCUT2D eigenvalue weighted by atomic mass is 9.96. The van der Waals surface area contributed by atoms with Crippen molar-refractivity contribution in [3.8, 4) is 28.7 Å². The molecular formula is C40H41BrN2O11S. The number of carbonyl (C=O) groups excluding carboxylic acids is 2. The summed E-state index contributed by atoms with van der Waals surface area (Å²) in [4.78, 5) is 31.0. The van der Waals surface area contributed by atoms with Gasteiger partial charge in [0.25, 0.3) is 5.91 Å². The number of fused-ring (bicyclic) bond motifs is 1. The first-order valence-electron chi connectivity index (χ1n) is 17.3. The summed E-state index contributed by atoms with van der Waals surface area (Å²) in [6.07, 6.45) is -2.15. The third-order valence-corrected chi connectivity index (χ3v) is 11.6. The molecule has 2 aliphatic heterocycles. The van der Waals surface area contributed by atoms with E-state index in [1.807, 2.05) is 13.0 Å². The van der Waals surface area contributed by atoms with Crippen molar-refractivity contribution in [3.05, 3.63) is 110 Å². The minimum absolute atomic E-state index is 0.0401. The number of rotatable bonds is 10. The molecule has 6 rings (SSSR count). The molecular weight excluding hydrogens is 796 g/mol. The van der Waals surface area contributed by atoms with Crippen LogP contribution in [0.5, 0.6) is 28.7 Å². The van der Waals surface area contributed by atoms with Crippen LogP contribution in [0.1, 0.15) is 47.2 Å². The number of aryl methyl sites for hydroxylation is 1. The molecule has 1 saturated heterocycles. The maximum absolute atomic E-state index is 14.9. The zero-order valence-corrected chi connectivity index (χ0v) is 33.4. The van der Waals surface area contributed by atoms with E-state index in [2.05, 4.69) is 15.9 Å². The van der Waals surface area contributed by atoms with Crippen LogP contribution in [0.2, 0.25) is 0 Å². The maximum atomic E-state index is 14.9. The summed E-state index contributed by atoms with van der Waals surface area (Å²) in [7, 11) is -2.98. The summed E-state index contributed by atoms with van der Waals surface area (Å²) in [6, 6.07) is 16.8. The molecule has 2 unspecified atom stereocenters. The molecule has 55 heavy (non-hydrogen) atoms. The van der Waals surface area contributed by atoms with Crippen molar-refractivity contribution in [2.24, 2.45) is 0 Å². The lowest BCUT2D eigenvalue weighted by Crippen LogP contribution is -2.63. The Morgan fingerprint density at radius 1 is 1.02 bits per heavy atom. The molecule has 15 heteroatoms. The number of hydrogen-bond donors (Lipinski definition) is 2. The van der Waals surface area contributed by atoms with Gasteiger partial charge >= 0.3 is 16.2 Å². The second kappa shape index (κ2) is 15.8. The van der Waals surface area contributed by atoms with Gasteiger partial charge in [0.1, 0.15) is 10.9 Å². The number of aromatic hydroxyl groups is 1. The number of phenolic OH excluding ortho intramolecular Hbond substituents is 1.